The molecule has 232 valence electrons. The number of nitrogens with two attached hydrogens (primary N) is 1. The maximum absolute atomic E-state index is 13.7. The average molecular weight is 624 g/mol. The number of carbonyl (C=O) groups excluding carboxylic acids is 2. The maximum atomic E-state index is 13.7. The number of anilines is 2. The molecule has 2 amide bonds. The SMILES string of the molecule is CC[C@H](N1Cc2cc(-c3ccn4nc(N)c(C(=O)N[C@H]5CC[C@](C)(O)CC5)c4n3)cc(NS(C)(=O)=O)c2C1=O)C(F)(F)F. The lowest BCUT2D eigenvalue weighted by Crippen LogP contribution is -2.45. The lowest BCUT2D eigenvalue weighted by Gasteiger charge is -2.33. The van der Waals surface area contributed by atoms with Crippen LogP contribution < -0.4 is 15.8 Å². The molecule has 0 unspecified atom stereocenters. The van der Waals surface area contributed by atoms with Gasteiger partial charge < -0.3 is 21.1 Å². The first kappa shape index (κ1) is 30.5. The molecule has 1 aliphatic heterocycles. The van der Waals surface area contributed by atoms with Crippen LogP contribution in [0.4, 0.5) is 24.7 Å². The van der Waals surface area contributed by atoms with Crippen LogP contribution in [-0.2, 0) is 16.6 Å². The van der Waals surface area contributed by atoms with E-state index >= 15 is 0 Å². The molecule has 0 bridgehead atoms. The zero-order valence-electron chi connectivity index (χ0n) is 23.7. The molecule has 2 aliphatic rings. The standard InChI is InChI=1S/C27H32F3N7O5S/c1-4-19(27(28,29)30)36-13-15-11-14(12-18(20(15)25(36)39)35-43(3,41)42)17-7-10-37-23(33-17)21(22(31)34-37)24(38)32-16-5-8-26(2,40)9-6-16/h7,10-12,16,19,35,40H,4-6,8-9,13H2,1-3H3,(H2,31,34)(H,32,38)/t16-,19-,26-/m0/s1. The number of alkyl halides is 3. The van der Waals surface area contributed by atoms with Gasteiger partial charge in [0.2, 0.25) is 10.0 Å². The van der Waals surface area contributed by atoms with Crippen LogP contribution in [0.3, 0.4) is 0 Å². The van der Waals surface area contributed by atoms with E-state index in [-0.39, 0.29) is 58.5 Å². The van der Waals surface area contributed by atoms with Gasteiger partial charge in [-0.05, 0) is 62.8 Å². The first-order valence-electron chi connectivity index (χ1n) is 13.7. The summed E-state index contributed by atoms with van der Waals surface area (Å²) in [6.07, 6.45) is -0.505. The topological polar surface area (TPSA) is 172 Å². The summed E-state index contributed by atoms with van der Waals surface area (Å²) in [7, 11) is -3.93. The van der Waals surface area contributed by atoms with Crippen LogP contribution in [0.2, 0.25) is 0 Å². The first-order valence-corrected chi connectivity index (χ1v) is 15.6. The van der Waals surface area contributed by atoms with Crippen LogP contribution in [0.25, 0.3) is 16.9 Å². The number of carbonyl (C=O) groups is 2. The second-order valence-corrected chi connectivity index (χ2v) is 13.2. The number of aliphatic hydroxyl groups is 1. The van der Waals surface area contributed by atoms with E-state index in [4.69, 9.17) is 5.73 Å². The molecule has 1 saturated carbocycles. The van der Waals surface area contributed by atoms with Crippen molar-refractivity contribution in [3.63, 3.8) is 0 Å². The van der Waals surface area contributed by atoms with Crippen molar-refractivity contribution in [2.24, 2.45) is 0 Å². The summed E-state index contributed by atoms with van der Waals surface area (Å²) >= 11 is 0. The van der Waals surface area contributed by atoms with Gasteiger partial charge in [-0.1, -0.05) is 6.92 Å². The van der Waals surface area contributed by atoms with Crippen LogP contribution in [-0.4, -0.2) is 75.0 Å². The molecule has 0 radical (unpaired) electrons. The Bertz CT molecular complexity index is 1710. The average Bonchev–Trinajstić information content (AvgIpc) is 3.39. The van der Waals surface area contributed by atoms with Crippen molar-refractivity contribution in [1.82, 2.24) is 24.8 Å². The number of aromatic nitrogens is 3. The highest BCUT2D eigenvalue weighted by molar-refractivity contribution is 7.92. The van der Waals surface area contributed by atoms with Gasteiger partial charge in [0, 0.05) is 24.3 Å². The molecular weight excluding hydrogens is 591 g/mol. The fourth-order valence-electron chi connectivity index (χ4n) is 5.75. The fourth-order valence-corrected chi connectivity index (χ4v) is 6.31. The van der Waals surface area contributed by atoms with Crippen molar-refractivity contribution in [2.75, 3.05) is 16.7 Å². The molecule has 1 fully saturated rings. The van der Waals surface area contributed by atoms with Crippen molar-refractivity contribution >= 4 is 39.0 Å². The number of rotatable bonds is 7. The number of hydrogen-bond donors (Lipinski definition) is 4. The van der Waals surface area contributed by atoms with Gasteiger partial charge in [0.05, 0.1) is 28.8 Å². The van der Waals surface area contributed by atoms with Gasteiger partial charge in [-0.15, -0.1) is 5.10 Å². The third-order valence-corrected chi connectivity index (χ3v) is 8.50. The van der Waals surface area contributed by atoms with Crippen LogP contribution in [0.15, 0.2) is 24.4 Å². The van der Waals surface area contributed by atoms with Crippen molar-refractivity contribution in [2.45, 2.75) is 76.4 Å². The number of amides is 2. The van der Waals surface area contributed by atoms with Crippen molar-refractivity contribution < 1.29 is 36.3 Å². The van der Waals surface area contributed by atoms with E-state index < -0.39 is 39.7 Å². The van der Waals surface area contributed by atoms with Crippen LogP contribution >= 0.6 is 0 Å². The summed E-state index contributed by atoms with van der Waals surface area (Å²) in [6.45, 7) is 2.68. The molecule has 16 heteroatoms. The summed E-state index contributed by atoms with van der Waals surface area (Å²) in [5.74, 6) is -1.51. The summed E-state index contributed by atoms with van der Waals surface area (Å²) in [4.78, 5) is 31.7. The number of benzene rings is 1. The molecule has 1 atom stereocenters. The number of nitrogens with one attached hydrogen (secondary N) is 2. The van der Waals surface area contributed by atoms with E-state index in [2.05, 4.69) is 20.1 Å². The normalized spacial score (nSPS) is 21.6. The Morgan fingerprint density at radius 2 is 1.95 bits per heavy atom. The molecule has 5 N–H and O–H groups in total. The van der Waals surface area contributed by atoms with Crippen molar-refractivity contribution in [1.29, 1.82) is 0 Å². The van der Waals surface area contributed by atoms with E-state index in [1.165, 1.54) is 35.8 Å². The molecule has 1 aromatic carbocycles. The third-order valence-electron chi connectivity index (χ3n) is 7.90. The predicted molar refractivity (Wildman–Crippen MR) is 152 cm³/mol. The quantitative estimate of drug-likeness (QED) is 0.311. The molecule has 3 aromatic rings. The number of fused-ring (bicyclic) bond motifs is 2. The molecule has 5 rings (SSSR count). The maximum Gasteiger partial charge on any atom is 0.408 e. The van der Waals surface area contributed by atoms with Gasteiger partial charge in [-0.2, -0.15) is 13.2 Å². The largest absolute Gasteiger partial charge is 0.408 e. The van der Waals surface area contributed by atoms with Crippen LogP contribution in [0, 0.1) is 0 Å². The number of halogens is 3. The Hall–Kier alpha value is -3.92. The first-order chi connectivity index (χ1) is 20.0. The fraction of sp³-hybridized carbons (Fsp3) is 0.481. The van der Waals surface area contributed by atoms with Gasteiger partial charge in [-0.3, -0.25) is 14.3 Å². The number of nitrogen functional groups attached to an aromatic ring is 1. The second-order valence-electron chi connectivity index (χ2n) is 11.4. The third kappa shape index (κ3) is 6.11. The van der Waals surface area contributed by atoms with E-state index in [0.29, 0.717) is 36.1 Å². The lowest BCUT2D eigenvalue weighted by molar-refractivity contribution is -0.177. The Morgan fingerprint density at radius 1 is 1.28 bits per heavy atom. The van der Waals surface area contributed by atoms with E-state index in [1.54, 1.807) is 6.92 Å². The van der Waals surface area contributed by atoms with Crippen LogP contribution in [0.5, 0.6) is 0 Å². The van der Waals surface area contributed by atoms with Gasteiger partial charge in [-0.25, -0.2) is 17.9 Å². The summed E-state index contributed by atoms with van der Waals surface area (Å²) in [5, 5.41) is 17.3. The van der Waals surface area contributed by atoms with E-state index in [9.17, 15) is 36.3 Å². The molecule has 0 spiro atoms. The van der Waals surface area contributed by atoms with Crippen molar-refractivity contribution in [3.8, 4) is 11.3 Å². The van der Waals surface area contributed by atoms with Gasteiger partial charge >= 0.3 is 6.18 Å². The molecule has 2 aromatic heterocycles. The predicted octanol–water partition coefficient (Wildman–Crippen LogP) is 3.07. The van der Waals surface area contributed by atoms with E-state index in [1.807, 2.05) is 0 Å². The number of sulfonamides is 1. The minimum absolute atomic E-state index is 0.0205. The Morgan fingerprint density at radius 3 is 2.56 bits per heavy atom. The molecule has 1 aliphatic carbocycles. The van der Waals surface area contributed by atoms with Crippen molar-refractivity contribution in [3.05, 3.63) is 41.1 Å². The number of hydrogen-bond acceptors (Lipinski definition) is 8. The highest BCUT2D eigenvalue weighted by Crippen LogP contribution is 2.39. The Balaban J connectivity index is 1.54. The zero-order chi connectivity index (χ0) is 31.5. The smallest absolute Gasteiger partial charge is 0.390 e. The summed E-state index contributed by atoms with van der Waals surface area (Å²) < 4.78 is 69.1. The molecule has 3 heterocycles. The van der Waals surface area contributed by atoms with Gasteiger partial charge in [0.15, 0.2) is 11.5 Å². The monoisotopic (exact) mass is 623 g/mol. The van der Waals surface area contributed by atoms with Gasteiger partial charge in [0.25, 0.3) is 11.8 Å². The molecule has 12 nitrogen and oxygen atoms in total. The summed E-state index contributed by atoms with van der Waals surface area (Å²) in [5.41, 5.74) is 5.80. The Labute approximate surface area is 245 Å². The number of nitrogens with zero attached hydrogens (tertiary/aromatic N) is 4. The lowest BCUT2D eigenvalue weighted by atomic mass is 9.83. The minimum atomic E-state index is -4.68. The van der Waals surface area contributed by atoms with E-state index in [0.717, 1.165) is 6.26 Å². The molecule has 43 heavy (non-hydrogen) atoms. The zero-order valence-corrected chi connectivity index (χ0v) is 24.5. The van der Waals surface area contributed by atoms with Gasteiger partial charge in [0.1, 0.15) is 11.6 Å². The molecular formula is C27H32F3N7O5S. The highest BCUT2D eigenvalue weighted by Gasteiger charge is 2.47. The van der Waals surface area contributed by atoms with Crippen LogP contribution in [0.1, 0.15) is 72.2 Å². The highest BCUT2D eigenvalue weighted by atomic mass is 32.2. The molecule has 0 saturated heterocycles. The Kier molecular flexibility index (Phi) is 7.57. The second kappa shape index (κ2) is 10.7. The minimum Gasteiger partial charge on any atom is -0.390 e. The summed E-state index contributed by atoms with van der Waals surface area (Å²) in [6, 6.07) is 2.09.